The molecule has 1 aromatic rings. The Bertz CT molecular complexity index is 742. The fourth-order valence-electron chi connectivity index (χ4n) is 3.59. The van der Waals surface area contributed by atoms with Crippen LogP contribution in [0.25, 0.3) is 0 Å². The van der Waals surface area contributed by atoms with Gasteiger partial charge >= 0.3 is 17.9 Å². The maximum atomic E-state index is 12.6. The molecule has 1 N–H and O–H groups in total. The van der Waals surface area contributed by atoms with Crippen molar-refractivity contribution >= 4 is 17.9 Å². The minimum Gasteiger partial charge on any atom is -0.494 e. The predicted octanol–water partition coefficient (Wildman–Crippen LogP) is 6.50. The fourth-order valence-corrected chi connectivity index (χ4v) is 3.59. The first kappa shape index (κ1) is 30.2. The lowest BCUT2D eigenvalue weighted by molar-refractivity contribution is -0.138. The molecule has 0 aliphatic heterocycles. The van der Waals surface area contributed by atoms with Crippen LogP contribution in [0.3, 0.4) is 0 Å². The molecule has 1 rings (SSSR count). The number of carboxylic acids is 1. The maximum Gasteiger partial charge on any atom is 0.338 e. The first-order valence-corrected chi connectivity index (χ1v) is 12.9. The topological polar surface area (TPSA) is 99.1 Å². The number of hydrogen-bond acceptors (Lipinski definition) is 6. The largest absolute Gasteiger partial charge is 0.494 e. The van der Waals surface area contributed by atoms with E-state index in [0.717, 1.165) is 51.0 Å². The second-order valence-corrected chi connectivity index (χ2v) is 8.67. The zero-order valence-corrected chi connectivity index (χ0v) is 21.2. The molecular weight excluding hydrogens is 448 g/mol. The van der Waals surface area contributed by atoms with Gasteiger partial charge in [0.25, 0.3) is 0 Å². The number of rotatable bonds is 21. The highest BCUT2D eigenvalue weighted by Crippen LogP contribution is 2.18. The number of carbonyl (C=O) groups excluding carboxylic acids is 2. The molecule has 0 saturated heterocycles. The van der Waals surface area contributed by atoms with E-state index in [1.54, 1.807) is 24.3 Å². The number of carbonyl (C=O) groups is 3. The van der Waals surface area contributed by atoms with Crippen LogP contribution in [0.15, 0.2) is 36.9 Å². The molecule has 0 spiro atoms. The van der Waals surface area contributed by atoms with Gasteiger partial charge in [-0.05, 0) is 69.2 Å². The van der Waals surface area contributed by atoms with E-state index in [2.05, 4.69) is 13.5 Å². The quantitative estimate of drug-likeness (QED) is 0.119. The van der Waals surface area contributed by atoms with E-state index in [-0.39, 0.29) is 12.5 Å². The van der Waals surface area contributed by atoms with Gasteiger partial charge in [-0.1, -0.05) is 45.6 Å². The number of hydrogen-bond donors (Lipinski definition) is 1. The van der Waals surface area contributed by atoms with Gasteiger partial charge in [-0.25, -0.2) is 9.59 Å². The van der Waals surface area contributed by atoms with Gasteiger partial charge < -0.3 is 19.3 Å². The Morgan fingerprint density at radius 2 is 1.51 bits per heavy atom. The van der Waals surface area contributed by atoms with Crippen LogP contribution < -0.4 is 4.74 Å². The average Bonchev–Trinajstić information content (AvgIpc) is 2.86. The molecular formula is C28H42O7. The standard InChI is InChI=1S/C28H42O7/c1-3-5-6-7-8-11-14-25(19-20-26(29)30)35-28(32)23-15-17-24(18-16-23)33-21-12-9-10-13-22-34-27(31)4-2/h4,15-18,25H,2-3,5-14,19-22H2,1H3,(H,29,30). The van der Waals surface area contributed by atoms with Crippen LogP contribution in [-0.4, -0.2) is 42.3 Å². The SMILES string of the molecule is C=CC(=O)OCCCCCCOc1ccc(C(=O)OC(CCCCCCCC)CCC(=O)O)cc1. The van der Waals surface area contributed by atoms with Gasteiger partial charge in [0.05, 0.1) is 18.8 Å². The molecule has 7 heteroatoms. The molecule has 1 aromatic carbocycles. The van der Waals surface area contributed by atoms with Crippen molar-refractivity contribution in [3.63, 3.8) is 0 Å². The van der Waals surface area contributed by atoms with Gasteiger partial charge in [0.15, 0.2) is 0 Å². The smallest absolute Gasteiger partial charge is 0.338 e. The van der Waals surface area contributed by atoms with E-state index < -0.39 is 17.9 Å². The number of esters is 2. The highest BCUT2D eigenvalue weighted by atomic mass is 16.5. The van der Waals surface area contributed by atoms with E-state index in [1.165, 1.54) is 19.3 Å². The van der Waals surface area contributed by atoms with E-state index >= 15 is 0 Å². The summed E-state index contributed by atoms with van der Waals surface area (Å²) < 4.78 is 16.3. The van der Waals surface area contributed by atoms with Gasteiger partial charge in [0.1, 0.15) is 11.9 Å². The summed E-state index contributed by atoms with van der Waals surface area (Å²) in [5.74, 6) is -1.04. The third-order valence-electron chi connectivity index (χ3n) is 5.64. The van der Waals surface area contributed by atoms with Crippen molar-refractivity contribution in [2.75, 3.05) is 13.2 Å². The van der Waals surface area contributed by atoms with Crippen molar-refractivity contribution in [3.05, 3.63) is 42.5 Å². The van der Waals surface area contributed by atoms with E-state index in [4.69, 9.17) is 19.3 Å². The summed E-state index contributed by atoms with van der Waals surface area (Å²) in [7, 11) is 0. The molecule has 1 atom stereocenters. The number of aliphatic carboxylic acids is 1. The van der Waals surface area contributed by atoms with Crippen LogP contribution in [0.1, 0.15) is 101 Å². The number of benzene rings is 1. The molecule has 0 bridgehead atoms. The lowest BCUT2D eigenvalue weighted by Gasteiger charge is -2.17. The van der Waals surface area contributed by atoms with E-state index in [1.807, 2.05) is 0 Å². The zero-order chi connectivity index (χ0) is 25.7. The van der Waals surface area contributed by atoms with Gasteiger partial charge in [-0.2, -0.15) is 0 Å². The summed E-state index contributed by atoms with van der Waals surface area (Å²) in [4.78, 5) is 34.5. The van der Waals surface area contributed by atoms with Crippen LogP contribution in [0.5, 0.6) is 5.75 Å². The van der Waals surface area contributed by atoms with Crippen molar-refractivity contribution in [1.82, 2.24) is 0 Å². The van der Waals surface area contributed by atoms with Gasteiger partial charge in [-0.3, -0.25) is 4.79 Å². The molecule has 0 amide bonds. The highest BCUT2D eigenvalue weighted by Gasteiger charge is 2.17. The third kappa shape index (κ3) is 15.6. The molecule has 35 heavy (non-hydrogen) atoms. The Morgan fingerprint density at radius 3 is 2.17 bits per heavy atom. The fraction of sp³-hybridized carbons (Fsp3) is 0.607. The molecule has 0 fully saturated rings. The first-order chi connectivity index (χ1) is 17.0. The normalized spacial score (nSPS) is 11.5. The lowest BCUT2D eigenvalue weighted by Crippen LogP contribution is -2.19. The van der Waals surface area contributed by atoms with Crippen LogP contribution in [-0.2, 0) is 19.1 Å². The lowest BCUT2D eigenvalue weighted by atomic mass is 10.0. The number of carboxylic acid groups (broad SMARTS) is 1. The highest BCUT2D eigenvalue weighted by molar-refractivity contribution is 5.89. The zero-order valence-electron chi connectivity index (χ0n) is 21.2. The van der Waals surface area contributed by atoms with Crippen LogP contribution in [0, 0.1) is 0 Å². The second-order valence-electron chi connectivity index (χ2n) is 8.67. The Hall–Kier alpha value is -2.83. The molecule has 1 unspecified atom stereocenters. The Labute approximate surface area is 209 Å². The summed E-state index contributed by atoms with van der Waals surface area (Å²) in [5.41, 5.74) is 0.426. The summed E-state index contributed by atoms with van der Waals surface area (Å²) in [5, 5.41) is 9.01. The first-order valence-electron chi connectivity index (χ1n) is 12.9. The predicted molar refractivity (Wildman–Crippen MR) is 136 cm³/mol. The van der Waals surface area contributed by atoms with Crippen molar-refractivity contribution < 1.29 is 33.7 Å². The van der Waals surface area contributed by atoms with E-state index in [9.17, 15) is 14.4 Å². The van der Waals surface area contributed by atoms with Crippen LogP contribution >= 0.6 is 0 Å². The average molecular weight is 491 g/mol. The van der Waals surface area contributed by atoms with Crippen molar-refractivity contribution in [2.24, 2.45) is 0 Å². The summed E-state index contributed by atoms with van der Waals surface area (Å²) in [6.07, 6.45) is 12.1. The molecule has 0 radical (unpaired) electrons. The monoisotopic (exact) mass is 490 g/mol. The summed E-state index contributed by atoms with van der Waals surface area (Å²) in [6, 6.07) is 6.83. The number of ether oxygens (including phenoxy) is 3. The van der Waals surface area contributed by atoms with Crippen molar-refractivity contribution in [3.8, 4) is 5.75 Å². The van der Waals surface area contributed by atoms with Gasteiger partial charge in [0, 0.05) is 12.5 Å². The molecule has 0 aliphatic rings. The second kappa shape index (κ2) is 19.5. The van der Waals surface area contributed by atoms with Gasteiger partial charge in [-0.15, -0.1) is 0 Å². The molecule has 0 saturated carbocycles. The Kier molecular flexibility index (Phi) is 16.8. The summed E-state index contributed by atoms with van der Waals surface area (Å²) in [6.45, 7) is 6.50. The number of unbranched alkanes of at least 4 members (excludes halogenated alkanes) is 8. The summed E-state index contributed by atoms with van der Waals surface area (Å²) >= 11 is 0. The molecule has 0 heterocycles. The third-order valence-corrected chi connectivity index (χ3v) is 5.64. The van der Waals surface area contributed by atoms with Crippen molar-refractivity contribution in [2.45, 2.75) is 96.5 Å². The van der Waals surface area contributed by atoms with Gasteiger partial charge in [0.2, 0.25) is 0 Å². The molecule has 0 aliphatic carbocycles. The molecule has 7 nitrogen and oxygen atoms in total. The Morgan fingerprint density at radius 1 is 0.886 bits per heavy atom. The van der Waals surface area contributed by atoms with Crippen LogP contribution in [0.4, 0.5) is 0 Å². The Balaban J connectivity index is 2.35. The minimum absolute atomic E-state index is 0.0134. The van der Waals surface area contributed by atoms with Crippen molar-refractivity contribution in [1.29, 1.82) is 0 Å². The van der Waals surface area contributed by atoms with E-state index in [0.29, 0.717) is 37.4 Å². The molecule has 0 aromatic heterocycles. The maximum absolute atomic E-state index is 12.6. The van der Waals surface area contributed by atoms with Crippen LogP contribution in [0.2, 0.25) is 0 Å². The minimum atomic E-state index is -0.883. The molecule has 196 valence electrons.